The molecule has 0 aromatic rings. The molecular formula is C13H24O9S2. The molecule has 2 saturated heterocycles. The van der Waals surface area contributed by atoms with Gasteiger partial charge in [0, 0.05) is 0 Å². The molecule has 24 heavy (non-hydrogen) atoms. The van der Waals surface area contributed by atoms with Gasteiger partial charge in [-0.05, 0) is 6.26 Å². The summed E-state index contributed by atoms with van der Waals surface area (Å²) in [5.41, 5.74) is -1.01. The summed E-state index contributed by atoms with van der Waals surface area (Å²) in [5, 5.41) is 67.2. The summed E-state index contributed by atoms with van der Waals surface area (Å²) in [4.78, 5) is 0. The molecular weight excluding hydrogens is 364 g/mol. The second-order valence-corrected chi connectivity index (χ2v) is 8.03. The predicted molar refractivity (Wildman–Crippen MR) is 86.4 cm³/mol. The highest BCUT2D eigenvalue weighted by molar-refractivity contribution is 8.00. The molecule has 0 saturated carbocycles. The van der Waals surface area contributed by atoms with Gasteiger partial charge >= 0.3 is 0 Å². The van der Waals surface area contributed by atoms with Crippen LogP contribution in [0.2, 0.25) is 0 Å². The van der Waals surface area contributed by atoms with Crippen LogP contribution in [0, 0.1) is 0 Å². The van der Waals surface area contributed by atoms with E-state index in [-0.39, 0.29) is 6.61 Å². The van der Waals surface area contributed by atoms with Crippen LogP contribution in [-0.2, 0) is 9.47 Å². The molecule has 7 N–H and O–H groups in total. The average Bonchev–Trinajstić information content (AvgIpc) is 2.58. The summed E-state index contributed by atoms with van der Waals surface area (Å²) >= 11 is 2.13. The minimum Gasteiger partial charge on any atom is -0.394 e. The molecule has 0 aromatic carbocycles. The van der Waals surface area contributed by atoms with Crippen molar-refractivity contribution in [3.8, 4) is 0 Å². The van der Waals surface area contributed by atoms with E-state index in [0.717, 1.165) is 11.8 Å². The molecule has 0 radical (unpaired) electrons. The fourth-order valence-electron chi connectivity index (χ4n) is 2.85. The standard InChI is InChI=1S/C13H24O9S2/c1-23-10-4(2-14)22-13(9(19)7(10)17)24-11-5(3-15)21-12(20)8(18)6(11)16/h4-20H,2-3H2,1H3/t4-,5-,6-,7-,8-,9-,10-,11-,12+,13-/m1/s1. The van der Waals surface area contributed by atoms with E-state index in [2.05, 4.69) is 0 Å². The minimum absolute atomic E-state index is 0.360. The zero-order valence-electron chi connectivity index (χ0n) is 13.0. The van der Waals surface area contributed by atoms with Crippen molar-refractivity contribution in [2.75, 3.05) is 19.5 Å². The van der Waals surface area contributed by atoms with Crippen LogP contribution in [-0.4, -0.2) is 114 Å². The van der Waals surface area contributed by atoms with Gasteiger partial charge in [-0.15, -0.1) is 11.8 Å². The molecule has 9 nitrogen and oxygen atoms in total. The van der Waals surface area contributed by atoms with E-state index in [9.17, 15) is 35.7 Å². The van der Waals surface area contributed by atoms with Crippen molar-refractivity contribution in [3.05, 3.63) is 0 Å². The normalized spacial score (nSPS) is 50.0. The van der Waals surface area contributed by atoms with E-state index in [1.165, 1.54) is 11.8 Å². The van der Waals surface area contributed by atoms with E-state index in [1.807, 2.05) is 0 Å². The van der Waals surface area contributed by atoms with Crippen LogP contribution in [0.4, 0.5) is 0 Å². The number of thioether (sulfide) groups is 2. The summed E-state index contributed by atoms with van der Waals surface area (Å²) in [7, 11) is 0. The Morgan fingerprint density at radius 2 is 1.29 bits per heavy atom. The Kier molecular flexibility index (Phi) is 7.59. The number of hydrogen-bond acceptors (Lipinski definition) is 11. The minimum atomic E-state index is -1.64. The van der Waals surface area contributed by atoms with Gasteiger partial charge in [-0.1, -0.05) is 0 Å². The first-order valence-electron chi connectivity index (χ1n) is 7.46. The highest BCUT2D eigenvalue weighted by Crippen LogP contribution is 2.39. The second kappa shape index (κ2) is 8.82. The quantitative estimate of drug-likeness (QED) is 0.253. The maximum Gasteiger partial charge on any atom is 0.183 e. The lowest BCUT2D eigenvalue weighted by Crippen LogP contribution is -2.60. The molecule has 2 aliphatic heterocycles. The van der Waals surface area contributed by atoms with Gasteiger partial charge in [0.25, 0.3) is 0 Å². The van der Waals surface area contributed by atoms with Gasteiger partial charge in [-0.3, -0.25) is 0 Å². The smallest absolute Gasteiger partial charge is 0.183 e. The van der Waals surface area contributed by atoms with E-state index >= 15 is 0 Å². The molecule has 2 rings (SSSR count). The molecule has 11 heteroatoms. The van der Waals surface area contributed by atoms with Crippen LogP contribution < -0.4 is 0 Å². The summed E-state index contributed by atoms with van der Waals surface area (Å²) in [6.07, 6.45) is -7.11. The molecule has 0 aromatic heterocycles. The molecule has 2 fully saturated rings. The highest BCUT2D eigenvalue weighted by atomic mass is 32.2. The Morgan fingerprint density at radius 1 is 0.750 bits per heavy atom. The average molecular weight is 388 g/mol. The number of hydrogen-bond donors (Lipinski definition) is 7. The van der Waals surface area contributed by atoms with Crippen LogP contribution in [0.3, 0.4) is 0 Å². The van der Waals surface area contributed by atoms with Crippen molar-refractivity contribution in [2.45, 2.75) is 58.8 Å². The Morgan fingerprint density at radius 3 is 1.83 bits per heavy atom. The first-order chi connectivity index (χ1) is 11.3. The monoisotopic (exact) mass is 388 g/mol. The number of aliphatic hydroxyl groups excluding tert-OH is 7. The molecule has 0 spiro atoms. The molecule has 0 bridgehead atoms. The molecule has 0 unspecified atom stereocenters. The van der Waals surface area contributed by atoms with Gasteiger partial charge in [-0.2, -0.15) is 11.8 Å². The van der Waals surface area contributed by atoms with E-state index in [4.69, 9.17) is 9.47 Å². The van der Waals surface area contributed by atoms with Crippen molar-refractivity contribution in [3.63, 3.8) is 0 Å². The zero-order valence-corrected chi connectivity index (χ0v) is 14.6. The number of ether oxygens (including phenoxy) is 2. The largest absolute Gasteiger partial charge is 0.394 e. The van der Waals surface area contributed by atoms with Crippen molar-refractivity contribution in [1.29, 1.82) is 0 Å². The summed E-state index contributed by atoms with van der Waals surface area (Å²) < 4.78 is 10.7. The molecule has 0 aliphatic carbocycles. The predicted octanol–water partition coefficient (Wildman–Crippen LogP) is -3.31. The zero-order chi connectivity index (χ0) is 18.0. The summed E-state index contributed by atoms with van der Waals surface area (Å²) in [6.45, 7) is -0.887. The van der Waals surface area contributed by atoms with Gasteiger partial charge in [0.15, 0.2) is 6.29 Å². The lowest BCUT2D eigenvalue weighted by atomic mass is 10.0. The third-order valence-corrected chi connectivity index (χ3v) is 6.90. The third kappa shape index (κ3) is 4.01. The number of rotatable bonds is 5. The van der Waals surface area contributed by atoms with Crippen LogP contribution in [0.25, 0.3) is 0 Å². The summed E-state index contributed by atoms with van der Waals surface area (Å²) in [5.74, 6) is 0. The van der Waals surface area contributed by atoms with Gasteiger partial charge < -0.3 is 45.2 Å². The van der Waals surface area contributed by atoms with Crippen molar-refractivity contribution < 1.29 is 45.2 Å². The Labute approximate surface area is 147 Å². The fraction of sp³-hybridized carbons (Fsp3) is 1.00. The first kappa shape index (κ1) is 20.6. The molecule has 0 amide bonds. The lowest BCUT2D eigenvalue weighted by molar-refractivity contribution is -0.249. The fourth-order valence-corrected chi connectivity index (χ4v) is 5.23. The van der Waals surface area contributed by atoms with Gasteiger partial charge in [0.2, 0.25) is 0 Å². The summed E-state index contributed by atoms with van der Waals surface area (Å²) in [6, 6.07) is 0. The van der Waals surface area contributed by atoms with Crippen LogP contribution in [0.1, 0.15) is 0 Å². The van der Waals surface area contributed by atoms with Crippen LogP contribution in [0.5, 0.6) is 0 Å². The maximum atomic E-state index is 10.3. The topological polar surface area (TPSA) is 160 Å². The molecule has 10 atom stereocenters. The van der Waals surface area contributed by atoms with Crippen molar-refractivity contribution in [2.24, 2.45) is 0 Å². The highest BCUT2D eigenvalue weighted by Gasteiger charge is 2.49. The van der Waals surface area contributed by atoms with Gasteiger partial charge in [0.1, 0.15) is 17.6 Å². The second-order valence-electron chi connectivity index (χ2n) is 5.74. The third-order valence-electron chi connectivity index (χ3n) is 4.22. The van der Waals surface area contributed by atoms with E-state index in [1.54, 1.807) is 6.26 Å². The first-order valence-corrected chi connectivity index (χ1v) is 9.70. The van der Waals surface area contributed by atoms with E-state index in [0.29, 0.717) is 0 Å². The Bertz CT molecular complexity index is 400. The van der Waals surface area contributed by atoms with Crippen molar-refractivity contribution in [1.82, 2.24) is 0 Å². The lowest BCUT2D eigenvalue weighted by Gasteiger charge is -2.45. The Balaban J connectivity index is 2.12. The molecule has 142 valence electrons. The van der Waals surface area contributed by atoms with Crippen LogP contribution in [0.15, 0.2) is 0 Å². The molecule has 2 heterocycles. The van der Waals surface area contributed by atoms with Gasteiger partial charge in [0.05, 0.1) is 48.1 Å². The van der Waals surface area contributed by atoms with E-state index < -0.39 is 65.5 Å². The maximum absolute atomic E-state index is 10.3. The SMILES string of the molecule is CS[C@H]1[C@H](O)[C@@H](O)[C@@H](S[C@H]2[C@H](O)[C@@H](O)[C@@H](O)O[C@@H]2CO)O[C@@H]1CO. The van der Waals surface area contributed by atoms with Crippen molar-refractivity contribution >= 4 is 23.5 Å². The molecule has 2 aliphatic rings. The Hall–Kier alpha value is 0.340. The van der Waals surface area contributed by atoms with Gasteiger partial charge in [-0.25, -0.2) is 0 Å². The number of aliphatic hydroxyl groups is 7. The van der Waals surface area contributed by atoms with Crippen LogP contribution >= 0.6 is 23.5 Å².